The number of aromatic nitrogens is 1. The van der Waals surface area contributed by atoms with Crippen LogP contribution in [0.25, 0.3) is 10.9 Å². The highest BCUT2D eigenvalue weighted by molar-refractivity contribution is 7.98. The molecule has 20 heavy (non-hydrogen) atoms. The van der Waals surface area contributed by atoms with Gasteiger partial charge >= 0.3 is 0 Å². The van der Waals surface area contributed by atoms with Gasteiger partial charge in [0.15, 0.2) is 0 Å². The lowest BCUT2D eigenvalue weighted by molar-refractivity contribution is 0.748. The van der Waals surface area contributed by atoms with Gasteiger partial charge in [-0.1, -0.05) is 24.6 Å². The molecule has 0 radical (unpaired) electrons. The van der Waals surface area contributed by atoms with Crippen LogP contribution in [0.2, 0.25) is 0 Å². The first kappa shape index (κ1) is 14.7. The molecule has 0 fully saturated rings. The second-order valence-electron chi connectivity index (χ2n) is 4.66. The summed E-state index contributed by atoms with van der Waals surface area (Å²) < 4.78 is 0. The van der Waals surface area contributed by atoms with Gasteiger partial charge in [-0.15, -0.1) is 0 Å². The lowest BCUT2D eigenvalue weighted by Crippen LogP contribution is -2.04. The Hall–Kier alpha value is -1.73. The molecule has 1 N–H and O–H groups in total. The Balaban J connectivity index is 1.99. The molecule has 0 saturated heterocycles. The summed E-state index contributed by atoms with van der Waals surface area (Å²) in [6.07, 6.45) is 5.77. The minimum Gasteiger partial charge on any atom is -0.370 e. The second-order valence-corrected chi connectivity index (χ2v) is 5.65. The first-order valence-corrected chi connectivity index (χ1v) is 8.27. The number of hydrogen-bond donors (Lipinski definition) is 1. The van der Waals surface area contributed by atoms with E-state index in [1.54, 1.807) is 0 Å². The van der Waals surface area contributed by atoms with Gasteiger partial charge in [0.05, 0.1) is 17.1 Å². The Morgan fingerprint density at radius 3 is 2.90 bits per heavy atom. The van der Waals surface area contributed by atoms with Crippen molar-refractivity contribution in [3.63, 3.8) is 0 Å². The van der Waals surface area contributed by atoms with Gasteiger partial charge in [0.2, 0.25) is 0 Å². The maximum Gasteiger partial charge on any atom is 0.127 e. The summed E-state index contributed by atoms with van der Waals surface area (Å²) in [6, 6.07) is 11.8. The quantitative estimate of drug-likeness (QED) is 0.780. The molecule has 0 bridgehead atoms. The molecule has 0 spiro atoms. The minimum atomic E-state index is 0.681. The second kappa shape index (κ2) is 7.76. The lowest BCUT2D eigenvalue weighted by atomic mass is 10.1. The summed E-state index contributed by atoms with van der Waals surface area (Å²) in [5, 5.41) is 13.5. The van der Waals surface area contributed by atoms with Crippen molar-refractivity contribution in [2.75, 3.05) is 23.9 Å². The number of para-hydroxylation sites is 1. The summed E-state index contributed by atoms with van der Waals surface area (Å²) in [7, 11) is 0. The average molecular weight is 285 g/mol. The molecule has 1 aromatic carbocycles. The highest BCUT2D eigenvalue weighted by atomic mass is 32.2. The van der Waals surface area contributed by atoms with Crippen molar-refractivity contribution in [1.29, 1.82) is 5.26 Å². The van der Waals surface area contributed by atoms with Gasteiger partial charge in [-0.2, -0.15) is 17.0 Å². The van der Waals surface area contributed by atoms with Crippen LogP contribution in [-0.2, 0) is 0 Å². The number of rotatable bonds is 7. The van der Waals surface area contributed by atoms with Crippen LogP contribution in [0.1, 0.15) is 24.8 Å². The number of nitrogens with zero attached hydrogens (tertiary/aromatic N) is 2. The van der Waals surface area contributed by atoms with Crippen LogP contribution in [0, 0.1) is 11.3 Å². The Morgan fingerprint density at radius 2 is 2.10 bits per heavy atom. The average Bonchev–Trinajstić information content (AvgIpc) is 2.50. The molecule has 1 aromatic heterocycles. The molecule has 104 valence electrons. The number of hydrogen-bond acceptors (Lipinski definition) is 4. The summed E-state index contributed by atoms with van der Waals surface area (Å²) in [6.45, 7) is 0.907. The SMILES string of the molecule is CSCCCCCNc1cc(C#N)c2ccccc2n1. The topological polar surface area (TPSA) is 48.7 Å². The van der Waals surface area contributed by atoms with Crippen molar-refractivity contribution >= 4 is 28.5 Å². The molecule has 2 rings (SSSR count). The summed E-state index contributed by atoms with van der Waals surface area (Å²) in [4.78, 5) is 4.55. The van der Waals surface area contributed by atoms with Crippen LogP contribution < -0.4 is 5.32 Å². The van der Waals surface area contributed by atoms with Crippen LogP contribution in [0.5, 0.6) is 0 Å². The number of pyridine rings is 1. The summed E-state index contributed by atoms with van der Waals surface area (Å²) in [5.41, 5.74) is 1.55. The molecule has 4 heteroatoms. The molecule has 0 amide bonds. The zero-order valence-corrected chi connectivity index (χ0v) is 12.5. The predicted octanol–water partition coefficient (Wildman–Crippen LogP) is 4.05. The van der Waals surface area contributed by atoms with E-state index in [1.807, 2.05) is 42.1 Å². The largest absolute Gasteiger partial charge is 0.370 e. The zero-order valence-electron chi connectivity index (χ0n) is 11.7. The molecule has 2 aromatic rings. The van der Waals surface area contributed by atoms with Crippen LogP contribution in [0.3, 0.4) is 0 Å². The van der Waals surface area contributed by atoms with E-state index in [1.165, 1.54) is 18.6 Å². The van der Waals surface area contributed by atoms with Crippen LogP contribution in [0.15, 0.2) is 30.3 Å². The van der Waals surface area contributed by atoms with E-state index in [0.29, 0.717) is 5.56 Å². The zero-order chi connectivity index (χ0) is 14.2. The van der Waals surface area contributed by atoms with Gasteiger partial charge < -0.3 is 5.32 Å². The Kier molecular flexibility index (Phi) is 5.69. The van der Waals surface area contributed by atoms with Gasteiger partial charge in [-0.25, -0.2) is 4.98 Å². The van der Waals surface area contributed by atoms with Crippen molar-refractivity contribution in [3.8, 4) is 6.07 Å². The van der Waals surface area contributed by atoms with E-state index in [-0.39, 0.29) is 0 Å². The van der Waals surface area contributed by atoms with E-state index < -0.39 is 0 Å². The highest BCUT2D eigenvalue weighted by Crippen LogP contribution is 2.20. The molecular formula is C16H19N3S. The summed E-state index contributed by atoms with van der Waals surface area (Å²) >= 11 is 1.89. The van der Waals surface area contributed by atoms with E-state index in [2.05, 4.69) is 22.6 Å². The number of benzene rings is 1. The first-order valence-electron chi connectivity index (χ1n) is 6.88. The number of thioether (sulfide) groups is 1. The van der Waals surface area contributed by atoms with Crippen molar-refractivity contribution in [2.45, 2.75) is 19.3 Å². The van der Waals surface area contributed by atoms with Gasteiger partial charge in [0, 0.05) is 11.9 Å². The fourth-order valence-corrected chi connectivity index (χ4v) is 2.62. The maximum absolute atomic E-state index is 9.22. The van der Waals surface area contributed by atoms with Gasteiger partial charge in [-0.3, -0.25) is 0 Å². The molecule has 0 atom stereocenters. The molecule has 0 unspecified atom stereocenters. The number of fused-ring (bicyclic) bond motifs is 1. The molecule has 0 aliphatic rings. The molecular weight excluding hydrogens is 266 g/mol. The monoisotopic (exact) mass is 285 g/mol. The van der Waals surface area contributed by atoms with Crippen molar-refractivity contribution in [1.82, 2.24) is 4.98 Å². The van der Waals surface area contributed by atoms with Crippen molar-refractivity contribution < 1.29 is 0 Å². The molecule has 1 heterocycles. The third-order valence-corrected chi connectivity index (χ3v) is 3.86. The molecule has 0 aliphatic heterocycles. The van der Waals surface area contributed by atoms with Crippen molar-refractivity contribution in [2.24, 2.45) is 0 Å². The fraction of sp³-hybridized carbons (Fsp3) is 0.375. The molecule has 0 saturated carbocycles. The number of nitrogens with one attached hydrogen (secondary N) is 1. The van der Waals surface area contributed by atoms with Gasteiger partial charge in [0.25, 0.3) is 0 Å². The minimum absolute atomic E-state index is 0.681. The Morgan fingerprint density at radius 1 is 1.25 bits per heavy atom. The number of unbranched alkanes of at least 4 members (excludes halogenated alkanes) is 2. The van der Waals surface area contributed by atoms with E-state index in [4.69, 9.17) is 0 Å². The van der Waals surface area contributed by atoms with E-state index in [0.717, 1.165) is 29.7 Å². The summed E-state index contributed by atoms with van der Waals surface area (Å²) in [5.74, 6) is 2.03. The third-order valence-electron chi connectivity index (χ3n) is 3.17. The molecule has 0 aliphatic carbocycles. The normalized spacial score (nSPS) is 10.4. The lowest BCUT2D eigenvalue weighted by Gasteiger charge is -2.08. The van der Waals surface area contributed by atoms with Crippen LogP contribution in [-0.4, -0.2) is 23.5 Å². The highest BCUT2D eigenvalue weighted by Gasteiger charge is 2.04. The first-order chi connectivity index (χ1) is 9.85. The van der Waals surface area contributed by atoms with Gasteiger partial charge in [-0.05, 0) is 37.0 Å². The smallest absolute Gasteiger partial charge is 0.127 e. The Labute approximate surface area is 124 Å². The standard InChI is InChI=1S/C16H19N3S/c1-20-10-6-2-5-9-18-16-11-13(12-17)14-7-3-4-8-15(14)19-16/h3-4,7-8,11H,2,5-6,9-10H2,1H3,(H,18,19). The number of anilines is 1. The third kappa shape index (κ3) is 3.88. The van der Waals surface area contributed by atoms with Crippen molar-refractivity contribution in [3.05, 3.63) is 35.9 Å². The fourth-order valence-electron chi connectivity index (χ4n) is 2.12. The maximum atomic E-state index is 9.22. The number of nitriles is 1. The predicted molar refractivity (Wildman–Crippen MR) is 87.2 cm³/mol. The molecule has 3 nitrogen and oxygen atoms in total. The van der Waals surface area contributed by atoms with Crippen LogP contribution in [0.4, 0.5) is 5.82 Å². The Bertz CT molecular complexity index is 604. The van der Waals surface area contributed by atoms with E-state index >= 15 is 0 Å². The van der Waals surface area contributed by atoms with Crippen LogP contribution >= 0.6 is 11.8 Å². The van der Waals surface area contributed by atoms with E-state index in [9.17, 15) is 5.26 Å². The van der Waals surface area contributed by atoms with Gasteiger partial charge in [0.1, 0.15) is 5.82 Å².